The molecule has 7 heteroatoms. The van der Waals surface area contributed by atoms with Gasteiger partial charge in [0.25, 0.3) is 0 Å². The molecule has 5 rings (SSSR count). The lowest BCUT2D eigenvalue weighted by atomic mass is 10.1. The van der Waals surface area contributed by atoms with Crippen LogP contribution in [0.2, 0.25) is 5.02 Å². The van der Waals surface area contributed by atoms with Crippen molar-refractivity contribution in [3.63, 3.8) is 0 Å². The molecular weight excluding hydrogens is 416 g/mol. The van der Waals surface area contributed by atoms with Crippen LogP contribution in [-0.4, -0.2) is 20.4 Å². The maximum absolute atomic E-state index is 12.9. The van der Waals surface area contributed by atoms with Crippen LogP contribution in [-0.2, 0) is 11.8 Å². The van der Waals surface area contributed by atoms with E-state index in [1.807, 2.05) is 72.4 Å². The summed E-state index contributed by atoms with van der Waals surface area (Å²) in [6.45, 7) is 0. The van der Waals surface area contributed by atoms with Crippen LogP contribution >= 0.6 is 22.9 Å². The smallest absolute Gasteiger partial charge is 0.229 e. The van der Waals surface area contributed by atoms with Gasteiger partial charge >= 0.3 is 0 Å². The van der Waals surface area contributed by atoms with Gasteiger partial charge in [0.05, 0.1) is 10.6 Å². The molecule has 1 aliphatic carbocycles. The second kappa shape index (κ2) is 7.70. The number of amides is 1. The van der Waals surface area contributed by atoms with Gasteiger partial charge in [-0.25, -0.2) is 9.97 Å². The Hall–Kier alpha value is -2.96. The predicted octanol–water partition coefficient (Wildman–Crippen LogP) is 5.61. The predicted molar refractivity (Wildman–Crippen MR) is 121 cm³/mol. The minimum atomic E-state index is -0.0782. The summed E-state index contributed by atoms with van der Waals surface area (Å²) in [6, 6.07) is 17.7. The number of aryl methyl sites for hydroxylation is 1. The molecule has 150 valence electrons. The lowest BCUT2D eigenvalue weighted by molar-refractivity contribution is -0.117. The number of hydrogen-bond donors (Lipinski definition) is 1. The first-order valence-electron chi connectivity index (χ1n) is 9.71. The van der Waals surface area contributed by atoms with Crippen molar-refractivity contribution in [3.8, 4) is 22.0 Å². The molecule has 0 spiro atoms. The number of benzene rings is 2. The van der Waals surface area contributed by atoms with E-state index in [2.05, 4.69) is 10.3 Å². The van der Waals surface area contributed by atoms with Gasteiger partial charge in [-0.1, -0.05) is 71.5 Å². The zero-order chi connectivity index (χ0) is 20.7. The Bertz CT molecular complexity index is 1220. The number of carbonyl (C=O) groups is 1. The number of carbonyl (C=O) groups excluding carboxylic acids is 1. The molecule has 0 saturated heterocycles. The molecule has 4 aromatic rings. The molecule has 1 fully saturated rings. The van der Waals surface area contributed by atoms with Crippen molar-refractivity contribution >= 4 is 34.0 Å². The third-order valence-corrected chi connectivity index (χ3v) is 6.67. The Balaban J connectivity index is 1.42. The normalized spacial score (nSPS) is 17.7. The Labute approximate surface area is 183 Å². The molecule has 1 aliphatic rings. The third-order valence-electron chi connectivity index (χ3n) is 5.36. The SMILES string of the molecule is Cn1ccnc1-c1sc(NC(=O)[C@@H]2C[C@H]2c2ccccc2Cl)nc1-c1ccccc1. The van der Waals surface area contributed by atoms with Crippen LogP contribution in [0, 0.1) is 5.92 Å². The maximum atomic E-state index is 12.9. The van der Waals surface area contributed by atoms with Gasteiger partial charge in [0, 0.05) is 35.9 Å². The van der Waals surface area contributed by atoms with Gasteiger partial charge in [0.2, 0.25) is 5.91 Å². The standard InChI is InChI=1S/C23H19ClN4OS/c1-28-12-11-25-21(28)20-19(14-7-3-2-4-8-14)26-23(30-20)27-22(29)17-13-16(17)15-9-5-6-10-18(15)24/h2-12,16-17H,13H2,1H3,(H,26,27,29)/t16-,17+/m0/s1. The molecular formula is C23H19ClN4OS. The quantitative estimate of drug-likeness (QED) is 0.444. The number of rotatable bonds is 5. The highest BCUT2D eigenvalue weighted by Crippen LogP contribution is 2.50. The van der Waals surface area contributed by atoms with Crippen LogP contribution in [0.15, 0.2) is 67.0 Å². The van der Waals surface area contributed by atoms with Crippen LogP contribution < -0.4 is 5.32 Å². The number of nitrogens with zero attached hydrogens (tertiary/aromatic N) is 3. The van der Waals surface area contributed by atoms with E-state index in [-0.39, 0.29) is 17.7 Å². The van der Waals surface area contributed by atoms with Gasteiger partial charge in [-0.3, -0.25) is 4.79 Å². The van der Waals surface area contributed by atoms with Gasteiger partial charge in [-0.05, 0) is 24.0 Å². The summed E-state index contributed by atoms with van der Waals surface area (Å²) in [6.07, 6.45) is 4.47. The molecule has 0 aliphatic heterocycles. The molecule has 2 atom stereocenters. The number of hydrogen-bond acceptors (Lipinski definition) is 4. The Morgan fingerprint density at radius 1 is 1.17 bits per heavy atom. The van der Waals surface area contributed by atoms with E-state index in [0.29, 0.717) is 5.13 Å². The van der Waals surface area contributed by atoms with E-state index in [0.717, 1.165) is 39.0 Å². The van der Waals surface area contributed by atoms with E-state index >= 15 is 0 Å². The van der Waals surface area contributed by atoms with E-state index in [1.165, 1.54) is 11.3 Å². The van der Waals surface area contributed by atoms with E-state index < -0.39 is 0 Å². The molecule has 5 nitrogen and oxygen atoms in total. The average molecular weight is 435 g/mol. The van der Waals surface area contributed by atoms with Crippen molar-refractivity contribution in [3.05, 3.63) is 77.6 Å². The van der Waals surface area contributed by atoms with Crippen molar-refractivity contribution in [2.45, 2.75) is 12.3 Å². The van der Waals surface area contributed by atoms with Crippen molar-refractivity contribution in [2.24, 2.45) is 13.0 Å². The highest BCUT2D eigenvalue weighted by molar-refractivity contribution is 7.19. The van der Waals surface area contributed by atoms with Gasteiger partial charge in [-0.15, -0.1) is 0 Å². The number of nitrogens with one attached hydrogen (secondary N) is 1. The lowest BCUT2D eigenvalue weighted by Gasteiger charge is -2.03. The highest BCUT2D eigenvalue weighted by Gasteiger charge is 2.45. The van der Waals surface area contributed by atoms with Crippen LogP contribution in [0.5, 0.6) is 0 Å². The fourth-order valence-corrected chi connectivity index (χ4v) is 5.01. The van der Waals surface area contributed by atoms with Crippen molar-refractivity contribution in [1.29, 1.82) is 0 Å². The van der Waals surface area contributed by atoms with Gasteiger partial charge < -0.3 is 9.88 Å². The van der Waals surface area contributed by atoms with Gasteiger partial charge in [0.1, 0.15) is 0 Å². The lowest BCUT2D eigenvalue weighted by Crippen LogP contribution is -2.14. The number of imidazole rings is 1. The first-order chi connectivity index (χ1) is 14.6. The summed E-state index contributed by atoms with van der Waals surface area (Å²) in [5.74, 6) is 0.902. The molecule has 30 heavy (non-hydrogen) atoms. The van der Waals surface area contributed by atoms with Gasteiger partial charge in [0.15, 0.2) is 11.0 Å². The topological polar surface area (TPSA) is 59.8 Å². The second-order valence-electron chi connectivity index (χ2n) is 7.38. The summed E-state index contributed by atoms with van der Waals surface area (Å²) in [4.78, 5) is 23.0. The minimum absolute atomic E-state index is 0.0142. The average Bonchev–Trinajstić information content (AvgIpc) is 3.27. The Morgan fingerprint density at radius 2 is 1.93 bits per heavy atom. The molecule has 1 saturated carbocycles. The number of aromatic nitrogens is 3. The molecule has 1 amide bonds. The Kier molecular flexibility index (Phi) is 4.89. The van der Waals surface area contributed by atoms with Crippen LogP contribution in [0.25, 0.3) is 22.0 Å². The summed E-state index contributed by atoms with van der Waals surface area (Å²) in [5, 5.41) is 4.33. The third kappa shape index (κ3) is 3.53. The van der Waals surface area contributed by atoms with Crippen LogP contribution in [0.1, 0.15) is 17.9 Å². The van der Waals surface area contributed by atoms with Crippen molar-refractivity contribution < 1.29 is 4.79 Å². The minimum Gasteiger partial charge on any atom is -0.333 e. The highest BCUT2D eigenvalue weighted by atomic mass is 35.5. The summed E-state index contributed by atoms with van der Waals surface area (Å²) >= 11 is 7.75. The molecule has 2 aromatic heterocycles. The van der Waals surface area contributed by atoms with E-state index in [9.17, 15) is 4.79 Å². The molecule has 1 N–H and O–H groups in total. The zero-order valence-corrected chi connectivity index (χ0v) is 17.8. The molecule has 0 radical (unpaired) electrons. The summed E-state index contributed by atoms with van der Waals surface area (Å²) < 4.78 is 1.96. The fourth-order valence-electron chi connectivity index (χ4n) is 3.70. The zero-order valence-electron chi connectivity index (χ0n) is 16.2. The maximum Gasteiger partial charge on any atom is 0.229 e. The number of anilines is 1. The number of halogens is 1. The van der Waals surface area contributed by atoms with E-state index in [4.69, 9.17) is 16.6 Å². The largest absolute Gasteiger partial charge is 0.333 e. The summed E-state index contributed by atoms with van der Waals surface area (Å²) in [7, 11) is 1.95. The monoisotopic (exact) mass is 434 g/mol. The fraction of sp³-hybridized carbons (Fsp3) is 0.174. The number of thiazole rings is 1. The van der Waals surface area contributed by atoms with Crippen molar-refractivity contribution in [1.82, 2.24) is 14.5 Å². The summed E-state index contributed by atoms with van der Waals surface area (Å²) in [5.41, 5.74) is 2.85. The molecule has 2 heterocycles. The molecule has 0 bridgehead atoms. The first kappa shape index (κ1) is 19.0. The Morgan fingerprint density at radius 3 is 2.67 bits per heavy atom. The second-order valence-corrected chi connectivity index (χ2v) is 8.79. The van der Waals surface area contributed by atoms with E-state index in [1.54, 1.807) is 6.20 Å². The van der Waals surface area contributed by atoms with Crippen LogP contribution in [0.3, 0.4) is 0 Å². The molecule has 0 unspecified atom stereocenters. The van der Waals surface area contributed by atoms with Crippen LogP contribution in [0.4, 0.5) is 5.13 Å². The molecule has 2 aromatic carbocycles. The van der Waals surface area contributed by atoms with Gasteiger partial charge in [-0.2, -0.15) is 0 Å². The van der Waals surface area contributed by atoms with Crippen molar-refractivity contribution in [2.75, 3.05) is 5.32 Å². The first-order valence-corrected chi connectivity index (χ1v) is 10.9.